The summed E-state index contributed by atoms with van der Waals surface area (Å²) in [4.78, 5) is 18.9. The van der Waals surface area contributed by atoms with Gasteiger partial charge in [-0.25, -0.2) is 4.79 Å². The van der Waals surface area contributed by atoms with Gasteiger partial charge in [0.05, 0.1) is 16.6 Å². The number of hydrogen-bond donors (Lipinski definition) is 3. The van der Waals surface area contributed by atoms with Gasteiger partial charge in [0.15, 0.2) is 0 Å². The van der Waals surface area contributed by atoms with E-state index in [1.54, 1.807) is 43.3 Å². The van der Waals surface area contributed by atoms with Crippen LogP contribution in [0.5, 0.6) is 11.8 Å². The van der Waals surface area contributed by atoms with E-state index in [9.17, 15) is 15.0 Å². The number of carboxylic acid groups (broad SMARTS) is 1. The van der Waals surface area contributed by atoms with Crippen LogP contribution in [0.1, 0.15) is 33.0 Å². The highest BCUT2D eigenvalue weighted by molar-refractivity contribution is 6.32. The van der Waals surface area contributed by atoms with Gasteiger partial charge >= 0.3 is 5.97 Å². The highest BCUT2D eigenvalue weighted by Crippen LogP contribution is 2.38. The Bertz CT molecular complexity index is 1440. The summed E-state index contributed by atoms with van der Waals surface area (Å²) in [5.41, 5.74) is 2.26. The average molecular weight is 473 g/mol. The molecule has 1 aromatic heterocycles. The van der Waals surface area contributed by atoms with Crippen molar-refractivity contribution >= 4 is 28.6 Å². The molecule has 0 atom stereocenters. The molecule has 4 aromatic rings. The summed E-state index contributed by atoms with van der Waals surface area (Å²) in [6.07, 6.45) is 7.39. The van der Waals surface area contributed by atoms with Crippen molar-refractivity contribution in [2.24, 2.45) is 0 Å². The van der Waals surface area contributed by atoms with E-state index in [2.05, 4.69) is 9.97 Å². The topological polar surface area (TPSA) is 95.4 Å². The Morgan fingerprint density at radius 3 is 2.53 bits per heavy atom. The van der Waals surface area contributed by atoms with E-state index in [0.717, 1.165) is 5.56 Å². The van der Waals surface area contributed by atoms with Crippen LogP contribution in [0.25, 0.3) is 11.0 Å². The highest BCUT2D eigenvalue weighted by atomic mass is 35.5. The number of benzene rings is 3. The van der Waals surface area contributed by atoms with Crippen molar-refractivity contribution in [3.63, 3.8) is 0 Å². The fourth-order valence-electron chi connectivity index (χ4n) is 4.07. The number of hydrogen-bond acceptors (Lipinski definition) is 4. The predicted molar refractivity (Wildman–Crippen MR) is 131 cm³/mol. The number of nitrogens with zero attached hydrogens (tertiary/aromatic N) is 1. The summed E-state index contributed by atoms with van der Waals surface area (Å²) in [7, 11) is 0. The number of carbonyl (C=O) groups is 1. The lowest BCUT2D eigenvalue weighted by atomic mass is 9.84. The van der Waals surface area contributed by atoms with E-state index in [4.69, 9.17) is 16.3 Å². The Balaban J connectivity index is 1.43. The molecule has 0 aliphatic heterocycles. The minimum absolute atomic E-state index is 0.0707. The van der Waals surface area contributed by atoms with Crippen molar-refractivity contribution in [1.29, 1.82) is 0 Å². The minimum Gasteiger partial charge on any atom is -0.478 e. The quantitative estimate of drug-likeness (QED) is 0.304. The number of aryl methyl sites for hydroxylation is 1. The summed E-state index contributed by atoms with van der Waals surface area (Å²) in [6, 6.07) is 18.4. The summed E-state index contributed by atoms with van der Waals surface area (Å²) in [5.74, 6) is -0.612. The maximum atomic E-state index is 11.4. The van der Waals surface area contributed by atoms with Gasteiger partial charge in [0.2, 0.25) is 0 Å². The number of halogens is 1. The van der Waals surface area contributed by atoms with E-state index in [0.29, 0.717) is 32.9 Å². The number of rotatable bonds is 5. The minimum atomic E-state index is -1.37. The van der Waals surface area contributed by atoms with E-state index in [1.807, 2.05) is 42.5 Å². The molecule has 0 unspecified atom stereocenters. The molecule has 1 aliphatic rings. The second kappa shape index (κ2) is 8.48. The Kier molecular flexibility index (Phi) is 5.48. The monoisotopic (exact) mass is 472 g/mol. The highest BCUT2D eigenvalue weighted by Gasteiger charge is 2.29. The van der Waals surface area contributed by atoms with Crippen LogP contribution in [0.4, 0.5) is 0 Å². The molecule has 0 amide bonds. The molecule has 6 nitrogen and oxygen atoms in total. The van der Waals surface area contributed by atoms with Gasteiger partial charge in [-0.15, -0.1) is 0 Å². The number of carboxylic acids is 1. The zero-order valence-corrected chi connectivity index (χ0v) is 19.0. The Hall–Kier alpha value is -3.87. The zero-order valence-electron chi connectivity index (χ0n) is 18.2. The van der Waals surface area contributed by atoms with Gasteiger partial charge in [-0.2, -0.15) is 4.98 Å². The van der Waals surface area contributed by atoms with Gasteiger partial charge in [-0.05, 0) is 54.5 Å². The third kappa shape index (κ3) is 4.09. The van der Waals surface area contributed by atoms with E-state index in [-0.39, 0.29) is 17.5 Å². The molecule has 0 fully saturated rings. The van der Waals surface area contributed by atoms with E-state index in [1.165, 1.54) is 6.07 Å². The molecule has 34 heavy (non-hydrogen) atoms. The third-order valence-corrected chi connectivity index (χ3v) is 6.25. The summed E-state index contributed by atoms with van der Waals surface area (Å²) >= 11 is 6.53. The standard InChI is InChI=1S/C27H21ClN2O4/c1-16-7-8-19(13-20(16)25(31)32)34-26-29-23-14-21(22(28)15-24(23)30-26)27(33)11-9-18(10-12-27)17-5-3-2-4-6-17/h2-15,18,33H,1H3,(H,29,30)(H,31,32). The smallest absolute Gasteiger partial charge is 0.336 e. The van der Waals surface area contributed by atoms with Gasteiger partial charge in [-0.1, -0.05) is 60.2 Å². The molecule has 0 spiro atoms. The van der Waals surface area contributed by atoms with Crippen molar-refractivity contribution in [1.82, 2.24) is 9.97 Å². The number of nitrogens with one attached hydrogen (secondary N) is 1. The maximum Gasteiger partial charge on any atom is 0.336 e. The number of aromatic carboxylic acids is 1. The van der Waals surface area contributed by atoms with E-state index < -0.39 is 11.6 Å². The Morgan fingerprint density at radius 2 is 1.82 bits per heavy atom. The average Bonchev–Trinajstić information content (AvgIpc) is 3.21. The van der Waals surface area contributed by atoms with Crippen LogP contribution >= 0.6 is 11.6 Å². The summed E-state index contributed by atoms with van der Waals surface area (Å²) < 4.78 is 5.76. The molecule has 170 valence electrons. The van der Waals surface area contributed by atoms with Crippen LogP contribution in [0.2, 0.25) is 5.02 Å². The number of ether oxygens (including phenoxy) is 1. The fraction of sp³-hybridized carbons (Fsp3) is 0.111. The van der Waals surface area contributed by atoms with Crippen molar-refractivity contribution in [3.05, 3.63) is 112 Å². The number of fused-ring (bicyclic) bond motifs is 1. The molecule has 1 heterocycles. The van der Waals surface area contributed by atoms with Gasteiger partial charge < -0.3 is 19.9 Å². The largest absolute Gasteiger partial charge is 0.478 e. The van der Waals surface area contributed by atoms with Crippen LogP contribution in [0, 0.1) is 6.92 Å². The van der Waals surface area contributed by atoms with Crippen LogP contribution in [0.15, 0.2) is 85.0 Å². The molecule has 3 N–H and O–H groups in total. The van der Waals surface area contributed by atoms with Crippen LogP contribution in [-0.4, -0.2) is 26.2 Å². The van der Waals surface area contributed by atoms with Crippen molar-refractivity contribution < 1.29 is 19.7 Å². The number of aromatic nitrogens is 2. The molecule has 1 aliphatic carbocycles. The van der Waals surface area contributed by atoms with E-state index >= 15 is 0 Å². The molecule has 7 heteroatoms. The molecule has 0 bridgehead atoms. The van der Waals surface area contributed by atoms with Gasteiger partial charge in [0, 0.05) is 16.5 Å². The van der Waals surface area contributed by atoms with Gasteiger partial charge in [0.1, 0.15) is 11.4 Å². The molecular formula is C27H21ClN2O4. The first-order valence-electron chi connectivity index (χ1n) is 10.7. The van der Waals surface area contributed by atoms with Crippen LogP contribution in [0.3, 0.4) is 0 Å². The normalized spacial score (nSPS) is 19.4. The Morgan fingerprint density at radius 1 is 1.09 bits per heavy atom. The molecule has 0 saturated carbocycles. The number of aromatic amines is 1. The SMILES string of the molecule is Cc1ccc(Oc2nc3cc(Cl)c(C4(O)C=CC(c5ccccc5)C=C4)cc3[nH]2)cc1C(=O)O. The van der Waals surface area contributed by atoms with Crippen molar-refractivity contribution in [3.8, 4) is 11.8 Å². The zero-order chi connectivity index (χ0) is 23.9. The summed E-state index contributed by atoms with van der Waals surface area (Å²) in [5, 5.41) is 21.0. The summed E-state index contributed by atoms with van der Waals surface area (Å²) in [6.45, 7) is 1.72. The number of H-pyrrole nitrogens is 1. The maximum absolute atomic E-state index is 11.4. The first-order chi connectivity index (χ1) is 16.3. The van der Waals surface area contributed by atoms with Crippen LogP contribution < -0.4 is 4.74 Å². The lowest BCUT2D eigenvalue weighted by molar-refractivity contribution is 0.0695. The van der Waals surface area contributed by atoms with Gasteiger partial charge in [0.25, 0.3) is 6.01 Å². The predicted octanol–water partition coefficient (Wildman–Crippen LogP) is 6.11. The molecular weight excluding hydrogens is 452 g/mol. The van der Waals surface area contributed by atoms with Crippen molar-refractivity contribution in [2.45, 2.75) is 18.4 Å². The fourth-order valence-corrected chi connectivity index (χ4v) is 4.38. The van der Waals surface area contributed by atoms with Crippen molar-refractivity contribution in [2.75, 3.05) is 0 Å². The number of allylic oxidation sites excluding steroid dienone is 2. The lowest BCUT2D eigenvalue weighted by Gasteiger charge is -2.27. The first kappa shape index (κ1) is 21.9. The molecule has 5 rings (SSSR count). The second-order valence-electron chi connectivity index (χ2n) is 8.26. The number of aliphatic hydroxyl groups is 1. The third-order valence-electron chi connectivity index (χ3n) is 5.93. The molecule has 3 aromatic carbocycles. The lowest BCUT2D eigenvalue weighted by Crippen LogP contribution is -2.23. The van der Waals surface area contributed by atoms with Crippen LogP contribution in [-0.2, 0) is 5.60 Å². The number of imidazole rings is 1. The molecule has 0 saturated heterocycles. The van der Waals surface area contributed by atoms with Gasteiger partial charge in [-0.3, -0.25) is 0 Å². The molecule has 0 radical (unpaired) electrons. The second-order valence-corrected chi connectivity index (χ2v) is 8.66. The Labute approximate surface area is 200 Å². The first-order valence-corrected chi connectivity index (χ1v) is 11.1.